The van der Waals surface area contributed by atoms with Crippen molar-refractivity contribution in [3.63, 3.8) is 0 Å². The monoisotopic (exact) mass is 178 g/mol. The van der Waals surface area contributed by atoms with E-state index in [-0.39, 0.29) is 0 Å². The quantitative estimate of drug-likeness (QED) is 0.183. The van der Waals surface area contributed by atoms with Crippen LogP contribution >= 0.6 is 0 Å². The Labute approximate surface area is 80.8 Å². The minimum atomic E-state index is 0.786. The van der Waals surface area contributed by atoms with Crippen LogP contribution in [0.4, 0.5) is 0 Å². The van der Waals surface area contributed by atoms with Gasteiger partial charge in [-0.05, 0) is 31.8 Å². The SMILES string of the molecule is C=CCCCCC/C=C/C=C/C=O. The summed E-state index contributed by atoms with van der Waals surface area (Å²) in [5, 5.41) is 0. The molecule has 0 unspecified atom stereocenters. The zero-order valence-corrected chi connectivity index (χ0v) is 8.11. The molecule has 0 aliphatic rings. The lowest BCUT2D eigenvalue weighted by atomic mass is 10.1. The van der Waals surface area contributed by atoms with Crippen LogP contribution in [-0.2, 0) is 4.79 Å². The molecule has 0 radical (unpaired) electrons. The van der Waals surface area contributed by atoms with Crippen molar-refractivity contribution in [3.05, 3.63) is 37.0 Å². The third kappa shape index (κ3) is 10.9. The Morgan fingerprint density at radius 3 is 2.38 bits per heavy atom. The van der Waals surface area contributed by atoms with Gasteiger partial charge in [0.25, 0.3) is 0 Å². The molecular formula is C12H18O. The Balaban J connectivity index is 3.14. The Morgan fingerprint density at radius 2 is 1.69 bits per heavy atom. The molecule has 72 valence electrons. The van der Waals surface area contributed by atoms with Crippen LogP contribution < -0.4 is 0 Å². The summed E-state index contributed by atoms with van der Waals surface area (Å²) in [4.78, 5) is 9.88. The van der Waals surface area contributed by atoms with E-state index in [0.29, 0.717) is 0 Å². The summed E-state index contributed by atoms with van der Waals surface area (Å²) >= 11 is 0. The first-order chi connectivity index (χ1) is 6.41. The third-order valence-electron chi connectivity index (χ3n) is 1.72. The number of allylic oxidation sites excluding steroid dienone is 5. The summed E-state index contributed by atoms with van der Waals surface area (Å²) < 4.78 is 0. The second-order valence-electron chi connectivity index (χ2n) is 2.88. The Hall–Kier alpha value is -1.11. The van der Waals surface area contributed by atoms with Gasteiger partial charge in [-0.3, -0.25) is 4.79 Å². The van der Waals surface area contributed by atoms with Crippen molar-refractivity contribution >= 4 is 6.29 Å². The molecule has 0 aliphatic carbocycles. The second-order valence-corrected chi connectivity index (χ2v) is 2.88. The van der Waals surface area contributed by atoms with Crippen molar-refractivity contribution in [2.45, 2.75) is 32.1 Å². The summed E-state index contributed by atoms with van der Waals surface area (Å²) in [7, 11) is 0. The maximum absolute atomic E-state index is 9.88. The van der Waals surface area contributed by atoms with Crippen molar-refractivity contribution in [1.82, 2.24) is 0 Å². The number of rotatable bonds is 8. The van der Waals surface area contributed by atoms with Crippen LogP contribution in [0.2, 0.25) is 0 Å². The third-order valence-corrected chi connectivity index (χ3v) is 1.72. The van der Waals surface area contributed by atoms with Gasteiger partial charge >= 0.3 is 0 Å². The van der Waals surface area contributed by atoms with Gasteiger partial charge in [0.1, 0.15) is 6.29 Å². The van der Waals surface area contributed by atoms with Crippen LogP contribution in [0.25, 0.3) is 0 Å². The summed E-state index contributed by atoms with van der Waals surface area (Å²) in [6.45, 7) is 3.67. The Morgan fingerprint density at radius 1 is 0.923 bits per heavy atom. The van der Waals surface area contributed by atoms with Gasteiger partial charge in [-0.25, -0.2) is 0 Å². The van der Waals surface area contributed by atoms with Gasteiger partial charge in [-0.2, -0.15) is 0 Å². The van der Waals surface area contributed by atoms with Crippen LogP contribution in [0.1, 0.15) is 32.1 Å². The van der Waals surface area contributed by atoms with E-state index in [0.717, 1.165) is 19.1 Å². The highest BCUT2D eigenvalue weighted by Crippen LogP contribution is 2.03. The summed E-state index contributed by atoms with van der Waals surface area (Å²) in [6.07, 6.45) is 15.9. The molecule has 0 fully saturated rings. The first-order valence-corrected chi connectivity index (χ1v) is 4.79. The van der Waals surface area contributed by atoms with E-state index in [2.05, 4.69) is 12.7 Å². The maximum atomic E-state index is 9.88. The first kappa shape index (κ1) is 11.9. The Kier molecular flexibility index (Phi) is 9.96. The lowest BCUT2D eigenvalue weighted by molar-refractivity contribution is -0.104. The number of hydrogen-bond donors (Lipinski definition) is 0. The van der Waals surface area contributed by atoms with Gasteiger partial charge in [-0.1, -0.05) is 30.7 Å². The van der Waals surface area contributed by atoms with Crippen molar-refractivity contribution in [3.8, 4) is 0 Å². The topological polar surface area (TPSA) is 17.1 Å². The molecular weight excluding hydrogens is 160 g/mol. The van der Waals surface area contributed by atoms with Gasteiger partial charge in [0.2, 0.25) is 0 Å². The van der Waals surface area contributed by atoms with E-state index in [1.165, 1.54) is 25.3 Å². The highest BCUT2D eigenvalue weighted by molar-refractivity contribution is 5.65. The Bertz CT molecular complexity index is 178. The normalized spacial score (nSPS) is 11.1. The van der Waals surface area contributed by atoms with Gasteiger partial charge in [0, 0.05) is 0 Å². The van der Waals surface area contributed by atoms with Gasteiger partial charge in [0.05, 0.1) is 0 Å². The number of hydrogen-bond acceptors (Lipinski definition) is 1. The molecule has 0 aromatic heterocycles. The van der Waals surface area contributed by atoms with E-state index >= 15 is 0 Å². The molecule has 0 aromatic carbocycles. The molecule has 0 N–H and O–H groups in total. The molecule has 0 aliphatic heterocycles. The smallest absolute Gasteiger partial charge is 0.142 e. The summed E-state index contributed by atoms with van der Waals surface area (Å²) in [5.74, 6) is 0. The predicted octanol–water partition coefficient (Wildman–Crippen LogP) is 3.43. The average molecular weight is 178 g/mol. The molecule has 13 heavy (non-hydrogen) atoms. The summed E-state index contributed by atoms with van der Waals surface area (Å²) in [5.41, 5.74) is 0. The van der Waals surface area contributed by atoms with Gasteiger partial charge in [0.15, 0.2) is 0 Å². The molecule has 0 heterocycles. The lowest BCUT2D eigenvalue weighted by Crippen LogP contribution is -1.73. The fraction of sp³-hybridized carbons (Fsp3) is 0.417. The number of aldehydes is 1. The van der Waals surface area contributed by atoms with E-state index in [1.807, 2.05) is 12.2 Å². The number of carbonyl (C=O) groups excluding carboxylic acids is 1. The second kappa shape index (κ2) is 10.9. The first-order valence-electron chi connectivity index (χ1n) is 4.79. The molecule has 0 aromatic rings. The molecule has 0 spiro atoms. The number of carbonyl (C=O) groups is 1. The molecule has 1 nitrogen and oxygen atoms in total. The van der Waals surface area contributed by atoms with E-state index < -0.39 is 0 Å². The maximum Gasteiger partial charge on any atom is 0.142 e. The van der Waals surface area contributed by atoms with Crippen molar-refractivity contribution in [2.75, 3.05) is 0 Å². The van der Waals surface area contributed by atoms with Crippen molar-refractivity contribution < 1.29 is 4.79 Å². The van der Waals surface area contributed by atoms with Crippen LogP contribution in [0.5, 0.6) is 0 Å². The molecule has 0 rings (SSSR count). The van der Waals surface area contributed by atoms with E-state index in [1.54, 1.807) is 6.08 Å². The van der Waals surface area contributed by atoms with Gasteiger partial charge < -0.3 is 0 Å². The highest BCUT2D eigenvalue weighted by atomic mass is 16.1. The molecule has 0 saturated carbocycles. The minimum absolute atomic E-state index is 0.786. The van der Waals surface area contributed by atoms with Crippen LogP contribution in [0.3, 0.4) is 0 Å². The predicted molar refractivity (Wildman–Crippen MR) is 57.6 cm³/mol. The van der Waals surface area contributed by atoms with Crippen LogP contribution in [-0.4, -0.2) is 6.29 Å². The zero-order valence-electron chi connectivity index (χ0n) is 8.11. The summed E-state index contributed by atoms with van der Waals surface area (Å²) in [6, 6.07) is 0. The van der Waals surface area contributed by atoms with Crippen molar-refractivity contribution in [2.24, 2.45) is 0 Å². The standard InChI is InChI=1S/C12H18O/c1-2-3-4-5-6-7-8-9-10-11-12-13/h2,8-12H,1,3-7H2/b9-8+,11-10+. The van der Waals surface area contributed by atoms with Gasteiger partial charge in [-0.15, -0.1) is 6.58 Å². The fourth-order valence-electron chi connectivity index (χ4n) is 1.01. The molecule has 0 saturated heterocycles. The van der Waals surface area contributed by atoms with E-state index in [4.69, 9.17) is 0 Å². The van der Waals surface area contributed by atoms with Crippen LogP contribution in [0.15, 0.2) is 37.0 Å². The largest absolute Gasteiger partial charge is 0.299 e. The van der Waals surface area contributed by atoms with Crippen molar-refractivity contribution in [1.29, 1.82) is 0 Å². The van der Waals surface area contributed by atoms with E-state index in [9.17, 15) is 4.79 Å². The number of unbranched alkanes of at least 4 members (excludes halogenated alkanes) is 4. The average Bonchev–Trinajstić information content (AvgIpc) is 2.16. The minimum Gasteiger partial charge on any atom is -0.299 e. The van der Waals surface area contributed by atoms with Crippen LogP contribution in [0, 0.1) is 0 Å². The fourth-order valence-corrected chi connectivity index (χ4v) is 1.01. The molecule has 1 heteroatoms. The lowest BCUT2D eigenvalue weighted by Gasteiger charge is -1.93. The highest BCUT2D eigenvalue weighted by Gasteiger charge is 1.83. The molecule has 0 atom stereocenters. The molecule has 0 bridgehead atoms. The molecule has 0 amide bonds. The zero-order chi connectivity index (χ0) is 9.78.